The Morgan fingerprint density at radius 2 is 1.70 bits per heavy atom. The number of hydrogen-bond donors (Lipinski definition) is 1. The van der Waals surface area contributed by atoms with Gasteiger partial charge in [-0.3, -0.25) is 4.79 Å². The Hall–Kier alpha value is -2.16. The lowest BCUT2D eigenvalue weighted by Gasteiger charge is -2.22. The predicted molar refractivity (Wildman–Crippen MR) is 129 cm³/mol. The normalized spacial score (nSPS) is 14.3. The summed E-state index contributed by atoms with van der Waals surface area (Å²) in [5, 5.41) is 7.51. The molecule has 8 heteroatoms. The lowest BCUT2D eigenvalue weighted by atomic mass is 10.2. The lowest BCUT2D eigenvalue weighted by Crippen LogP contribution is -2.23. The van der Waals surface area contributed by atoms with Crippen LogP contribution in [-0.4, -0.2) is 34.5 Å². The number of rotatable bonds is 6. The third kappa shape index (κ3) is 5.50. The SMILES string of the molecule is O=C(CSc1nn(-c2ccccc2)c(=S)s1)Nc1ccc(N2CCCCCC2)cc1. The maximum absolute atomic E-state index is 12.4. The Morgan fingerprint density at radius 3 is 2.40 bits per heavy atom. The summed E-state index contributed by atoms with van der Waals surface area (Å²) >= 11 is 8.24. The van der Waals surface area contributed by atoms with E-state index in [1.807, 2.05) is 42.5 Å². The average molecular weight is 457 g/mol. The Labute approximate surface area is 190 Å². The van der Waals surface area contributed by atoms with Crippen molar-refractivity contribution in [2.75, 3.05) is 29.1 Å². The van der Waals surface area contributed by atoms with Gasteiger partial charge in [0.25, 0.3) is 0 Å². The van der Waals surface area contributed by atoms with E-state index in [0.29, 0.717) is 9.71 Å². The first-order valence-electron chi connectivity index (χ1n) is 10.1. The van der Waals surface area contributed by atoms with E-state index in [-0.39, 0.29) is 5.91 Å². The van der Waals surface area contributed by atoms with Crippen molar-refractivity contribution in [3.05, 3.63) is 58.6 Å². The van der Waals surface area contributed by atoms with Crippen molar-refractivity contribution < 1.29 is 4.79 Å². The van der Waals surface area contributed by atoms with Crippen molar-refractivity contribution in [2.24, 2.45) is 0 Å². The number of anilines is 2. The third-order valence-corrected chi connectivity index (χ3v) is 7.34. The first-order chi connectivity index (χ1) is 14.7. The zero-order valence-electron chi connectivity index (χ0n) is 16.6. The minimum Gasteiger partial charge on any atom is -0.372 e. The van der Waals surface area contributed by atoms with Crippen LogP contribution in [0.4, 0.5) is 11.4 Å². The number of nitrogens with zero attached hydrogens (tertiary/aromatic N) is 3. The van der Waals surface area contributed by atoms with Gasteiger partial charge in [-0.2, -0.15) is 0 Å². The molecule has 3 aromatic rings. The molecule has 1 fully saturated rings. The highest BCUT2D eigenvalue weighted by molar-refractivity contribution is 8.01. The van der Waals surface area contributed by atoms with Crippen LogP contribution in [0.15, 0.2) is 58.9 Å². The molecule has 1 aliphatic rings. The smallest absolute Gasteiger partial charge is 0.234 e. The molecule has 0 atom stereocenters. The van der Waals surface area contributed by atoms with Crippen LogP contribution in [0.25, 0.3) is 5.69 Å². The second-order valence-corrected chi connectivity index (χ2v) is 10.0. The van der Waals surface area contributed by atoms with E-state index in [1.165, 1.54) is 54.5 Å². The number of para-hydroxylation sites is 1. The van der Waals surface area contributed by atoms with Gasteiger partial charge in [0.15, 0.2) is 8.29 Å². The molecule has 1 saturated heterocycles. The predicted octanol–water partition coefficient (Wildman–Crippen LogP) is 5.77. The zero-order valence-corrected chi connectivity index (χ0v) is 19.1. The topological polar surface area (TPSA) is 50.2 Å². The van der Waals surface area contributed by atoms with Crippen LogP contribution in [0, 0.1) is 3.95 Å². The highest BCUT2D eigenvalue weighted by atomic mass is 32.2. The van der Waals surface area contributed by atoms with Crippen LogP contribution >= 0.6 is 35.3 Å². The molecule has 0 bridgehead atoms. The van der Waals surface area contributed by atoms with Crippen molar-refractivity contribution in [1.29, 1.82) is 0 Å². The van der Waals surface area contributed by atoms with Crippen molar-refractivity contribution >= 4 is 52.6 Å². The number of aromatic nitrogens is 2. The summed E-state index contributed by atoms with van der Waals surface area (Å²) in [6, 6.07) is 18.0. The Bertz CT molecular complexity index is 1020. The van der Waals surface area contributed by atoms with Gasteiger partial charge >= 0.3 is 0 Å². The summed E-state index contributed by atoms with van der Waals surface area (Å²) in [5.74, 6) is 0.250. The van der Waals surface area contributed by atoms with Gasteiger partial charge in [0.1, 0.15) is 0 Å². The van der Waals surface area contributed by atoms with Crippen molar-refractivity contribution in [3.8, 4) is 5.69 Å². The molecular weight excluding hydrogens is 432 g/mol. The maximum Gasteiger partial charge on any atom is 0.234 e. The number of nitrogens with one attached hydrogen (secondary N) is 1. The molecule has 156 valence electrons. The third-order valence-electron chi connectivity index (χ3n) is 4.98. The molecule has 1 N–H and O–H groups in total. The average Bonchev–Trinajstić information content (AvgIpc) is 2.96. The summed E-state index contributed by atoms with van der Waals surface area (Å²) < 4.78 is 3.20. The molecule has 0 unspecified atom stereocenters. The first kappa shape index (κ1) is 21.1. The highest BCUT2D eigenvalue weighted by Gasteiger charge is 2.11. The van der Waals surface area contributed by atoms with E-state index in [2.05, 4.69) is 27.4 Å². The van der Waals surface area contributed by atoms with Gasteiger partial charge in [0, 0.05) is 24.5 Å². The summed E-state index contributed by atoms with van der Waals surface area (Å²) in [6.45, 7) is 2.23. The summed E-state index contributed by atoms with van der Waals surface area (Å²) in [4.78, 5) is 14.8. The minimum absolute atomic E-state index is 0.0464. The molecule has 4 rings (SSSR count). The van der Waals surface area contributed by atoms with Gasteiger partial charge in [-0.25, -0.2) is 4.68 Å². The van der Waals surface area contributed by atoms with E-state index in [4.69, 9.17) is 12.2 Å². The Balaban J connectivity index is 1.31. The van der Waals surface area contributed by atoms with Crippen molar-refractivity contribution in [2.45, 2.75) is 30.0 Å². The molecule has 0 spiro atoms. The molecule has 5 nitrogen and oxygen atoms in total. The van der Waals surface area contributed by atoms with Crippen LogP contribution in [0.5, 0.6) is 0 Å². The monoisotopic (exact) mass is 456 g/mol. The van der Waals surface area contributed by atoms with Crippen LogP contribution in [0.2, 0.25) is 0 Å². The number of thioether (sulfide) groups is 1. The Morgan fingerprint density at radius 1 is 1.00 bits per heavy atom. The first-order valence-corrected chi connectivity index (χ1v) is 12.3. The van der Waals surface area contributed by atoms with Gasteiger partial charge in [-0.1, -0.05) is 54.1 Å². The molecule has 1 amide bonds. The Kier molecular flexibility index (Phi) is 7.20. The van der Waals surface area contributed by atoms with E-state index in [0.717, 1.165) is 28.8 Å². The molecule has 2 aromatic carbocycles. The number of benzene rings is 2. The quantitative estimate of drug-likeness (QED) is 0.377. The summed E-state index contributed by atoms with van der Waals surface area (Å²) in [7, 11) is 0. The van der Waals surface area contributed by atoms with E-state index < -0.39 is 0 Å². The van der Waals surface area contributed by atoms with Crippen molar-refractivity contribution in [1.82, 2.24) is 9.78 Å². The fraction of sp³-hybridized carbons (Fsp3) is 0.318. The number of hydrogen-bond acceptors (Lipinski definition) is 6. The fourth-order valence-corrected chi connectivity index (χ4v) is 5.62. The minimum atomic E-state index is -0.0464. The van der Waals surface area contributed by atoms with Gasteiger partial charge in [-0.15, -0.1) is 5.10 Å². The van der Waals surface area contributed by atoms with Crippen LogP contribution in [0.1, 0.15) is 25.7 Å². The molecule has 0 radical (unpaired) electrons. The standard InChI is InChI=1S/C22H24N4OS3/c27-20(16-29-21-24-26(22(28)30-21)19-8-4-3-5-9-19)23-17-10-12-18(13-11-17)25-14-6-1-2-7-15-25/h3-5,8-13H,1-2,6-7,14-16H2,(H,23,27). The largest absolute Gasteiger partial charge is 0.372 e. The molecule has 1 aliphatic heterocycles. The number of carbonyl (C=O) groups is 1. The second-order valence-electron chi connectivity index (χ2n) is 7.17. The van der Waals surface area contributed by atoms with Gasteiger partial charge in [0.05, 0.1) is 11.4 Å². The van der Waals surface area contributed by atoms with Crippen LogP contribution in [-0.2, 0) is 4.79 Å². The fourth-order valence-electron chi connectivity index (χ4n) is 3.46. The van der Waals surface area contributed by atoms with E-state index in [9.17, 15) is 4.79 Å². The molecule has 1 aromatic heterocycles. The number of amides is 1. The van der Waals surface area contributed by atoms with Gasteiger partial charge in [0.2, 0.25) is 5.91 Å². The molecular formula is C22H24N4OS3. The number of carbonyl (C=O) groups excluding carboxylic acids is 1. The maximum atomic E-state index is 12.4. The van der Waals surface area contributed by atoms with Crippen LogP contribution in [0.3, 0.4) is 0 Å². The molecule has 0 aliphatic carbocycles. The van der Waals surface area contributed by atoms with E-state index >= 15 is 0 Å². The second kappa shape index (κ2) is 10.2. The van der Waals surface area contributed by atoms with Crippen LogP contribution < -0.4 is 10.2 Å². The summed E-state index contributed by atoms with van der Waals surface area (Å²) in [6.07, 6.45) is 5.14. The highest BCUT2D eigenvalue weighted by Crippen LogP contribution is 2.25. The summed E-state index contributed by atoms with van der Waals surface area (Å²) in [5.41, 5.74) is 2.98. The van der Waals surface area contributed by atoms with E-state index in [1.54, 1.807) is 4.68 Å². The zero-order chi connectivity index (χ0) is 20.8. The van der Waals surface area contributed by atoms with Gasteiger partial charge < -0.3 is 10.2 Å². The molecule has 2 heterocycles. The molecule has 30 heavy (non-hydrogen) atoms. The van der Waals surface area contributed by atoms with Crippen molar-refractivity contribution in [3.63, 3.8) is 0 Å². The lowest BCUT2D eigenvalue weighted by molar-refractivity contribution is -0.113. The van der Waals surface area contributed by atoms with Gasteiger partial charge in [-0.05, 0) is 61.5 Å². The molecule has 0 saturated carbocycles.